The maximum absolute atomic E-state index is 12.0. The Balaban J connectivity index is 2.06. The molecule has 2 aromatic rings. The molecule has 5 nitrogen and oxygen atoms in total. The van der Waals surface area contributed by atoms with Gasteiger partial charge in [-0.3, -0.25) is 0 Å². The molecule has 7 heteroatoms. The van der Waals surface area contributed by atoms with Gasteiger partial charge in [-0.25, -0.2) is 18.1 Å². The zero-order chi connectivity index (χ0) is 13.7. The number of rotatable bonds is 6. The van der Waals surface area contributed by atoms with Crippen LogP contribution in [0.15, 0.2) is 40.1 Å². The van der Waals surface area contributed by atoms with Crippen LogP contribution in [0, 0.1) is 0 Å². The summed E-state index contributed by atoms with van der Waals surface area (Å²) in [7, 11) is -3.48. The molecule has 0 fully saturated rings. The number of nitrogens with zero attached hydrogens (tertiary/aromatic N) is 1. The van der Waals surface area contributed by atoms with Gasteiger partial charge >= 0.3 is 0 Å². The highest BCUT2D eigenvalue weighted by molar-refractivity contribution is 7.89. The van der Waals surface area contributed by atoms with E-state index in [-0.39, 0.29) is 11.4 Å². The minimum Gasteiger partial charge on any atom is -0.330 e. The lowest BCUT2D eigenvalue weighted by molar-refractivity contribution is 0.580. The normalized spacial score (nSPS) is 11.6. The van der Waals surface area contributed by atoms with Crippen molar-refractivity contribution in [3.63, 3.8) is 0 Å². The minimum absolute atomic E-state index is 0.205. The number of aromatic nitrogens is 1. The Hall–Kier alpha value is -1.28. The molecule has 0 saturated heterocycles. The van der Waals surface area contributed by atoms with Crippen molar-refractivity contribution in [3.05, 3.63) is 46.4 Å². The highest BCUT2D eigenvalue weighted by Gasteiger charge is 2.13. The molecule has 1 aromatic heterocycles. The highest BCUT2D eigenvalue weighted by atomic mass is 32.2. The SMILES string of the molecule is NCCc1ccc(S(=O)(=O)NCc2cscn2)cc1. The van der Waals surface area contributed by atoms with Gasteiger partial charge in [-0.1, -0.05) is 12.1 Å². The van der Waals surface area contributed by atoms with Crippen LogP contribution in [0.2, 0.25) is 0 Å². The van der Waals surface area contributed by atoms with Gasteiger partial charge in [-0.15, -0.1) is 11.3 Å². The van der Waals surface area contributed by atoms with E-state index in [0.29, 0.717) is 12.2 Å². The molecule has 1 heterocycles. The van der Waals surface area contributed by atoms with Crippen molar-refractivity contribution in [2.45, 2.75) is 17.9 Å². The molecule has 0 amide bonds. The third-order valence-corrected chi connectivity index (χ3v) is 4.65. The number of hydrogen-bond acceptors (Lipinski definition) is 5. The first kappa shape index (κ1) is 14.1. The third kappa shape index (κ3) is 3.84. The Kier molecular flexibility index (Phi) is 4.65. The second-order valence-corrected chi connectivity index (χ2v) is 6.47. The van der Waals surface area contributed by atoms with Crippen LogP contribution in [0.5, 0.6) is 0 Å². The van der Waals surface area contributed by atoms with Gasteiger partial charge in [0.05, 0.1) is 22.6 Å². The zero-order valence-corrected chi connectivity index (χ0v) is 11.9. The largest absolute Gasteiger partial charge is 0.330 e. The molecule has 0 atom stereocenters. The van der Waals surface area contributed by atoms with Gasteiger partial charge in [0.2, 0.25) is 10.0 Å². The summed E-state index contributed by atoms with van der Waals surface area (Å²) >= 11 is 1.44. The molecule has 3 N–H and O–H groups in total. The van der Waals surface area contributed by atoms with Crippen LogP contribution < -0.4 is 10.5 Å². The first-order valence-corrected chi connectivity index (χ1v) is 8.20. The first-order chi connectivity index (χ1) is 9.12. The topological polar surface area (TPSA) is 85.1 Å². The van der Waals surface area contributed by atoms with Crippen molar-refractivity contribution >= 4 is 21.4 Å². The van der Waals surface area contributed by atoms with Crippen molar-refractivity contribution in [1.29, 1.82) is 0 Å². The monoisotopic (exact) mass is 297 g/mol. The summed E-state index contributed by atoms with van der Waals surface area (Å²) in [6.07, 6.45) is 0.743. The molecule has 0 aliphatic heterocycles. The number of thiazole rings is 1. The predicted molar refractivity (Wildman–Crippen MR) is 75.3 cm³/mol. The fourth-order valence-corrected chi connectivity index (χ4v) is 3.14. The lowest BCUT2D eigenvalue weighted by atomic mass is 10.2. The summed E-state index contributed by atoms with van der Waals surface area (Å²) in [5.41, 5.74) is 8.87. The van der Waals surface area contributed by atoms with Crippen LogP contribution in [-0.2, 0) is 23.0 Å². The van der Waals surface area contributed by atoms with Gasteiger partial charge in [-0.05, 0) is 30.7 Å². The van der Waals surface area contributed by atoms with Gasteiger partial charge in [0.1, 0.15) is 0 Å². The van der Waals surface area contributed by atoms with E-state index in [1.807, 2.05) is 5.38 Å². The zero-order valence-electron chi connectivity index (χ0n) is 10.2. The van der Waals surface area contributed by atoms with E-state index in [1.165, 1.54) is 11.3 Å². The Labute approximate surface area is 116 Å². The second-order valence-electron chi connectivity index (χ2n) is 3.99. The van der Waals surface area contributed by atoms with E-state index in [0.717, 1.165) is 12.0 Å². The standard InChI is InChI=1S/C12H15N3O2S2/c13-6-5-10-1-3-12(4-2-10)19(16,17)15-7-11-8-18-9-14-11/h1-4,8-9,15H,5-7,13H2. The van der Waals surface area contributed by atoms with Crippen LogP contribution in [0.4, 0.5) is 0 Å². The Morgan fingerprint density at radius 1 is 1.26 bits per heavy atom. The van der Waals surface area contributed by atoms with E-state index >= 15 is 0 Å². The van der Waals surface area contributed by atoms with Gasteiger partial charge in [0, 0.05) is 5.38 Å². The van der Waals surface area contributed by atoms with Crippen molar-refractivity contribution in [2.24, 2.45) is 5.73 Å². The van der Waals surface area contributed by atoms with E-state index in [1.54, 1.807) is 29.8 Å². The van der Waals surface area contributed by atoms with Crippen molar-refractivity contribution in [2.75, 3.05) is 6.54 Å². The number of nitrogens with one attached hydrogen (secondary N) is 1. The Bertz CT molecular complexity index is 607. The fourth-order valence-electron chi connectivity index (χ4n) is 1.58. The number of benzene rings is 1. The molecule has 0 spiro atoms. The van der Waals surface area contributed by atoms with E-state index in [9.17, 15) is 8.42 Å². The van der Waals surface area contributed by atoms with Crippen LogP contribution in [0.1, 0.15) is 11.3 Å². The van der Waals surface area contributed by atoms with Gasteiger partial charge < -0.3 is 5.73 Å². The molecule has 0 saturated carbocycles. The molecule has 0 aliphatic carbocycles. The molecule has 19 heavy (non-hydrogen) atoms. The van der Waals surface area contributed by atoms with Crippen LogP contribution in [0.25, 0.3) is 0 Å². The molecule has 102 valence electrons. The first-order valence-electron chi connectivity index (χ1n) is 5.77. The smallest absolute Gasteiger partial charge is 0.240 e. The Morgan fingerprint density at radius 2 is 2.00 bits per heavy atom. The molecular weight excluding hydrogens is 282 g/mol. The average molecular weight is 297 g/mol. The van der Waals surface area contributed by atoms with E-state index in [2.05, 4.69) is 9.71 Å². The molecule has 0 bridgehead atoms. The van der Waals surface area contributed by atoms with Crippen LogP contribution >= 0.6 is 11.3 Å². The van der Waals surface area contributed by atoms with E-state index < -0.39 is 10.0 Å². The molecule has 0 unspecified atom stereocenters. The highest BCUT2D eigenvalue weighted by Crippen LogP contribution is 2.11. The van der Waals surface area contributed by atoms with Crippen molar-refractivity contribution in [1.82, 2.24) is 9.71 Å². The van der Waals surface area contributed by atoms with Gasteiger partial charge in [0.25, 0.3) is 0 Å². The average Bonchev–Trinajstić information content (AvgIpc) is 2.91. The van der Waals surface area contributed by atoms with Crippen molar-refractivity contribution < 1.29 is 8.42 Å². The molecule has 0 aliphatic rings. The van der Waals surface area contributed by atoms with Gasteiger partial charge in [-0.2, -0.15) is 0 Å². The number of sulfonamides is 1. The van der Waals surface area contributed by atoms with Crippen LogP contribution in [0.3, 0.4) is 0 Å². The predicted octanol–water partition coefficient (Wildman–Crippen LogP) is 1.12. The minimum atomic E-state index is -3.48. The van der Waals surface area contributed by atoms with E-state index in [4.69, 9.17) is 5.73 Å². The molecular formula is C12H15N3O2S2. The number of hydrogen-bond donors (Lipinski definition) is 2. The fraction of sp³-hybridized carbons (Fsp3) is 0.250. The molecule has 0 radical (unpaired) electrons. The lowest BCUT2D eigenvalue weighted by Crippen LogP contribution is -2.23. The third-order valence-electron chi connectivity index (χ3n) is 2.59. The maximum Gasteiger partial charge on any atom is 0.240 e. The van der Waals surface area contributed by atoms with Crippen LogP contribution in [-0.4, -0.2) is 19.9 Å². The van der Waals surface area contributed by atoms with Crippen molar-refractivity contribution in [3.8, 4) is 0 Å². The Morgan fingerprint density at radius 3 is 2.58 bits per heavy atom. The summed E-state index contributed by atoms with van der Waals surface area (Å²) in [5, 5.41) is 1.81. The summed E-state index contributed by atoms with van der Waals surface area (Å²) in [6, 6.07) is 6.75. The molecule has 2 rings (SSSR count). The maximum atomic E-state index is 12.0. The summed E-state index contributed by atoms with van der Waals surface area (Å²) in [4.78, 5) is 4.28. The summed E-state index contributed by atoms with van der Waals surface area (Å²) < 4.78 is 26.6. The number of nitrogens with two attached hydrogens (primary N) is 1. The summed E-state index contributed by atoms with van der Waals surface area (Å²) in [6.45, 7) is 0.755. The lowest BCUT2D eigenvalue weighted by Gasteiger charge is -2.06. The quantitative estimate of drug-likeness (QED) is 0.837. The molecule has 1 aromatic carbocycles. The summed E-state index contributed by atoms with van der Waals surface area (Å²) in [5.74, 6) is 0. The van der Waals surface area contributed by atoms with Gasteiger partial charge in [0.15, 0.2) is 0 Å². The second kappa shape index (κ2) is 6.25.